The summed E-state index contributed by atoms with van der Waals surface area (Å²) >= 11 is 6.54. The second kappa shape index (κ2) is 10.4. The maximum absolute atomic E-state index is 13.8. The number of nitrogens with zero attached hydrogens (tertiary/aromatic N) is 5. The third kappa shape index (κ3) is 5.52. The molecule has 5 rings (SSSR count). The Morgan fingerprint density at radius 2 is 1.81 bits per heavy atom. The van der Waals surface area contributed by atoms with Crippen molar-refractivity contribution in [3.8, 4) is 17.3 Å². The van der Waals surface area contributed by atoms with E-state index in [9.17, 15) is 17.6 Å². The molecule has 1 aromatic carbocycles. The summed E-state index contributed by atoms with van der Waals surface area (Å²) in [7, 11) is 0. The van der Waals surface area contributed by atoms with E-state index in [1.807, 2.05) is 0 Å². The zero-order chi connectivity index (χ0) is 26.2. The van der Waals surface area contributed by atoms with Gasteiger partial charge in [0.15, 0.2) is 0 Å². The Bertz CT molecular complexity index is 1280. The van der Waals surface area contributed by atoms with E-state index in [0.29, 0.717) is 43.0 Å². The van der Waals surface area contributed by atoms with Crippen LogP contribution in [0.4, 0.5) is 29.2 Å². The molecule has 2 aromatic heterocycles. The number of alkyl halides is 4. The molecular weight excluding hydrogens is 512 g/mol. The predicted octanol–water partition coefficient (Wildman–Crippen LogP) is 5.22. The van der Waals surface area contributed by atoms with Crippen molar-refractivity contribution in [2.75, 3.05) is 56.6 Å². The number of aromatic nitrogens is 3. The summed E-state index contributed by atoms with van der Waals surface area (Å²) in [4.78, 5) is 17.3. The normalized spacial score (nSPS) is 17.3. The van der Waals surface area contributed by atoms with E-state index < -0.39 is 11.7 Å². The van der Waals surface area contributed by atoms with Crippen LogP contribution in [0.3, 0.4) is 0 Å². The van der Waals surface area contributed by atoms with Gasteiger partial charge < -0.3 is 15.4 Å². The molecule has 0 radical (unpaired) electrons. The van der Waals surface area contributed by atoms with E-state index in [1.54, 1.807) is 6.07 Å². The van der Waals surface area contributed by atoms with E-state index in [1.165, 1.54) is 6.07 Å². The van der Waals surface area contributed by atoms with E-state index in [0.717, 1.165) is 44.5 Å². The van der Waals surface area contributed by atoms with Crippen LogP contribution in [0.2, 0.25) is 5.02 Å². The van der Waals surface area contributed by atoms with Crippen LogP contribution in [0, 0.1) is 5.92 Å². The Labute approximate surface area is 216 Å². The van der Waals surface area contributed by atoms with Crippen molar-refractivity contribution in [2.24, 2.45) is 5.92 Å². The summed E-state index contributed by atoms with van der Waals surface area (Å²) in [5.41, 5.74) is 4.89. The Hall–Kier alpha value is -2.92. The van der Waals surface area contributed by atoms with Gasteiger partial charge in [-0.2, -0.15) is 23.1 Å². The Balaban J connectivity index is 1.53. The molecule has 0 aliphatic carbocycles. The number of fused-ring (bicyclic) bond motifs is 1. The Kier molecular flexibility index (Phi) is 7.26. The van der Waals surface area contributed by atoms with Crippen LogP contribution in [0.25, 0.3) is 22.2 Å². The summed E-state index contributed by atoms with van der Waals surface area (Å²) in [6.07, 6.45) is -1.53. The largest absolute Gasteiger partial charge is 0.462 e. The standard InChI is InChI=1S/C25H27ClF4N6O/c26-19-10-17-20(11-16(19)22-18(25(28,29)30)4-5-21(31)33-22)32-24(34-23(17)36-6-2-1-3-7-36)37-9-8-35-13-15(12-27)14-35/h4-5,10-11,15H,1-3,6-9,12-14H2,(H2,31,33). The van der Waals surface area contributed by atoms with Crippen LogP contribution in [0.15, 0.2) is 24.3 Å². The highest BCUT2D eigenvalue weighted by Gasteiger charge is 2.35. The van der Waals surface area contributed by atoms with Crippen LogP contribution < -0.4 is 15.4 Å². The molecule has 198 valence electrons. The van der Waals surface area contributed by atoms with Crippen LogP contribution in [0.5, 0.6) is 6.01 Å². The van der Waals surface area contributed by atoms with Crippen LogP contribution >= 0.6 is 11.6 Å². The second-order valence-electron chi connectivity index (χ2n) is 9.49. The third-order valence-electron chi connectivity index (χ3n) is 6.77. The Morgan fingerprint density at radius 1 is 1.05 bits per heavy atom. The van der Waals surface area contributed by atoms with Gasteiger partial charge in [0.05, 0.1) is 28.5 Å². The molecular formula is C25H27ClF4N6O. The number of pyridine rings is 1. The summed E-state index contributed by atoms with van der Waals surface area (Å²) in [5.74, 6) is 0.653. The molecule has 37 heavy (non-hydrogen) atoms. The number of nitrogen functional groups attached to an aromatic ring is 1. The highest BCUT2D eigenvalue weighted by Crippen LogP contribution is 2.41. The number of ether oxygens (including phenoxy) is 1. The molecule has 0 amide bonds. The number of likely N-dealkylation sites (tertiary alicyclic amines) is 1. The van der Waals surface area contributed by atoms with Gasteiger partial charge in [-0.1, -0.05) is 11.6 Å². The summed E-state index contributed by atoms with van der Waals surface area (Å²) in [6.45, 7) is 3.54. The number of rotatable bonds is 7. The van der Waals surface area contributed by atoms with Gasteiger partial charge in [-0.05, 0) is 43.5 Å². The SMILES string of the molecule is Nc1ccc(C(F)(F)F)c(-c2cc3nc(OCCN4CC(CF)C4)nc(N4CCCCC4)c3cc2Cl)n1. The smallest absolute Gasteiger partial charge is 0.418 e. The minimum absolute atomic E-state index is 0.0547. The van der Waals surface area contributed by atoms with Gasteiger partial charge in [-0.15, -0.1) is 0 Å². The summed E-state index contributed by atoms with van der Waals surface area (Å²) in [6, 6.07) is 5.20. The van der Waals surface area contributed by atoms with Gasteiger partial charge in [-0.25, -0.2) is 4.98 Å². The van der Waals surface area contributed by atoms with Crippen molar-refractivity contribution in [1.82, 2.24) is 19.9 Å². The molecule has 0 spiro atoms. The molecule has 4 heterocycles. The molecule has 2 N–H and O–H groups in total. The molecule has 2 saturated heterocycles. The summed E-state index contributed by atoms with van der Waals surface area (Å²) in [5, 5.41) is 0.709. The maximum Gasteiger partial charge on any atom is 0.418 e. The topological polar surface area (TPSA) is 80.4 Å². The number of anilines is 2. The molecule has 0 atom stereocenters. The van der Waals surface area contributed by atoms with Gasteiger partial charge in [0.1, 0.15) is 18.2 Å². The Morgan fingerprint density at radius 3 is 2.51 bits per heavy atom. The summed E-state index contributed by atoms with van der Waals surface area (Å²) < 4.78 is 59.9. The third-order valence-corrected chi connectivity index (χ3v) is 7.08. The fourth-order valence-corrected chi connectivity index (χ4v) is 5.09. The lowest BCUT2D eigenvalue weighted by Gasteiger charge is -2.37. The first-order valence-electron chi connectivity index (χ1n) is 12.2. The molecule has 12 heteroatoms. The van der Waals surface area contributed by atoms with Crippen molar-refractivity contribution in [3.05, 3.63) is 34.9 Å². The van der Waals surface area contributed by atoms with Crippen LogP contribution in [0.1, 0.15) is 24.8 Å². The van der Waals surface area contributed by atoms with Gasteiger partial charge in [-0.3, -0.25) is 9.29 Å². The molecule has 7 nitrogen and oxygen atoms in total. The number of hydrogen-bond donors (Lipinski definition) is 1. The van der Waals surface area contributed by atoms with E-state index in [-0.39, 0.29) is 40.7 Å². The fraction of sp³-hybridized carbons (Fsp3) is 0.480. The van der Waals surface area contributed by atoms with Gasteiger partial charge in [0.25, 0.3) is 0 Å². The minimum Gasteiger partial charge on any atom is -0.462 e. The van der Waals surface area contributed by atoms with Gasteiger partial charge in [0, 0.05) is 49.6 Å². The number of benzene rings is 1. The quantitative estimate of drug-likeness (QED) is 0.413. The minimum atomic E-state index is -4.65. The molecule has 3 aromatic rings. The number of halogens is 5. The van der Waals surface area contributed by atoms with E-state index in [4.69, 9.17) is 22.1 Å². The number of piperidine rings is 1. The maximum atomic E-state index is 13.8. The van der Waals surface area contributed by atoms with Gasteiger partial charge >= 0.3 is 12.2 Å². The fourth-order valence-electron chi connectivity index (χ4n) is 4.84. The molecule has 2 aliphatic heterocycles. The van der Waals surface area contributed by atoms with Crippen molar-refractivity contribution in [3.63, 3.8) is 0 Å². The van der Waals surface area contributed by atoms with Crippen molar-refractivity contribution in [2.45, 2.75) is 25.4 Å². The highest BCUT2D eigenvalue weighted by molar-refractivity contribution is 6.34. The number of nitrogens with two attached hydrogens (primary N) is 1. The lowest BCUT2D eigenvalue weighted by molar-refractivity contribution is -0.137. The van der Waals surface area contributed by atoms with Crippen molar-refractivity contribution < 1.29 is 22.3 Å². The molecule has 0 bridgehead atoms. The second-order valence-corrected chi connectivity index (χ2v) is 9.89. The predicted molar refractivity (Wildman–Crippen MR) is 135 cm³/mol. The lowest BCUT2D eigenvalue weighted by Crippen LogP contribution is -2.49. The first kappa shape index (κ1) is 25.7. The zero-order valence-electron chi connectivity index (χ0n) is 20.1. The lowest BCUT2D eigenvalue weighted by atomic mass is 10.0. The first-order valence-corrected chi connectivity index (χ1v) is 12.6. The average molecular weight is 539 g/mol. The average Bonchev–Trinajstić information content (AvgIpc) is 2.84. The zero-order valence-corrected chi connectivity index (χ0v) is 20.8. The van der Waals surface area contributed by atoms with E-state index in [2.05, 4.69) is 24.8 Å². The van der Waals surface area contributed by atoms with Crippen molar-refractivity contribution in [1.29, 1.82) is 0 Å². The van der Waals surface area contributed by atoms with Crippen molar-refractivity contribution >= 4 is 34.1 Å². The van der Waals surface area contributed by atoms with E-state index >= 15 is 0 Å². The number of hydrogen-bond acceptors (Lipinski definition) is 7. The monoisotopic (exact) mass is 538 g/mol. The van der Waals surface area contributed by atoms with Crippen LogP contribution in [-0.2, 0) is 6.18 Å². The molecule has 2 aliphatic rings. The molecule has 2 fully saturated rings. The molecule has 0 saturated carbocycles. The first-order chi connectivity index (χ1) is 17.7. The van der Waals surface area contributed by atoms with Gasteiger partial charge in [0.2, 0.25) is 0 Å². The molecule has 0 unspecified atom stereocenters. The van der Waals surface area contributed by atoms with Crippen LogP contribution in [-0.4, -0.2) is 65.9 Å². The highest BCUT2D eigenvalue weighted by atomic mass is 35.5.